The average molecular weight is 309 g/mol. The Morgan fingerprint density at radius 2 is 1.96 bits per heavy atom. The number of anilines is 1. The largest absolute Gasteiger partial charge is 0.465 e. The number of esters is 1. The fourth-order valence-corrected chi connectivity index (χ4v) is 3.61. The summed E-state index contributed by atoms with van der Waals surface area (Å²) in [7, 11) is 1.43. The van der Waals surface area contributed by atoms with E-state index in [4.69, 9.17) is 10.5 Å². The van der Waals surface area contributed by atoms with Gasteiger partial charge in [0.25, 0.3) is 0 Å². The number of methoxy groups -OCH3 is 1. The summed E-state index contributed by atoms with van der Waals surface area (Å²) in [6.07, 6.45) is 10.4. The van der Waals surface area contributed by atoms with Crippen LogP contribution in [0.5, 0.6) is 0 Å². The smallest absolute Gasteiger partial charge is 0.337 e. The molecular formula is C20H23NO2. The summed E-state index contributed by atoms with van der Waals surface area (Å²) >= 11 is 0. The molecule has 0 aromatic heterocycles. The SMILES string of the molecule is COC(=O)C1=CCC2(C)C(=C1)CCCC=C2c1ccc(N)cc1. The van der Waals surface area contributed by atoms with E-state index in [-0.39, 0.29) is 11.4 Å². The predicted octanol–water partition coefficient (Wildman–Crippen LogP) is 4.27. The number of carbonyl (C=O) groups excluding carboxylic acids is 1. The van der Waals surface area contributed by atoms with E-state index in [9.17, 15) is 4.79 Å². The van der Waals surface area contributed by atoms with E-state index in [1.807, 2.05) is 24.3 Å². The van der Waals surface area contributed by atoms with Crippen molar-refractivity contribution in [1.29, 1.82) is 0 Å². The Morgan fingerprint density at radius 1 is 1.22 bits per heavy atom. The molecule has 0 amide bonds. The monoisotopic (exact) mass is 309 g/mol. The molecule has 1 atom stereocenters. The average Bonchev–Trinajstić information content (AvgIpc) is 2.73. The van der Waals surface area contributed by atoms with Crippen LogP contribution in [0.2, 0.25) is 0 Å². The molecule has 0 saturated heterocycles. The quantitative estimate of drug-likeness (QED) is 0.655. The Bertz CT molecular complexity index is 710. The highest BCUT2D eigenvalue weighted by Crippen LogP contribution is 2.50. The lowest BCUT2D eigenvalue weighted by Crippen LogP contribution is -2.24. The summed E-state index contributed by atoms with van der Waals surface area (Å²) in [6, 6.07) is 8.09. The normalized spacial score (nSPS) is 23.8. The van der Waals surface area contributed by atoms with Gasteiger partial charge in [0.2, 0.25) is 0 Å². The Labute approximate surface area is 137 Å². The van der Waals surface area contributed by atoms with E-state index in [1.54, 1.807) is 0 Å². The van der Waals surface area contributed by atoms with Crippen molar-refractivity contribution in [2.45, 2.75) is 32.6 Å². The van der Waals surface area contributed by atoms with Crippen LogP contribution in [0.3, 0.4) is 0 Å². The van der Waals surface area contributed by atoms with Crippen LogP contribution in [0.25, 0.3) is 5.57 Å². The first-order valence-electron chi connectivity index (χ1n) is 8.10. The third kappa shape index (κ3) is 2.83. The summed E-state index contributed by atoms with van der Waals surface area (Å²) in [5.74, 6) is -0.248. The Hall–Kier alpha value is -2.29. The van der Waals surface area contributed by atoms with Gasteiger partial charge in [0.1, 0.15) is 0 Å². The fourth-order valence-electron chi connectivity index (χ4n) is 3.61. The molecular weight excluding hydrogens is 286 g/mol. The van der Waals surface area contributed by atoms with Crippen LogP contribution in [-0.4, -0.2) is 13.1 Å². The van der Waals surface area contributed by atoms with Gasteiger partial charge >= 0.3 is 5.97 Å². The van der Waals surface area contributed by atoms with Gasteiger partial charge in [-0.05, 0) is 55.0 Å². The minimum atomic E-state index is -0.248. The zero-order valence-corrected chi connectivity index (χ0v) is 13.8. The number of ether oxygens (including phenoxy) is 1. The second-order valence-corrected chi connectivity index (χ2v) is 6.49. The third-order valence-corrected chi connectivity index (χ3v) is 5.00. The third-order valence-electron chi connectivity index (χ3n) is 5.00. The standard InChI is InChI=1S/C20H23NO2/c1-20-12-11-15(19(22)23-2)13-16(20)5-3-4-6-18(20)14-7-9-17(21)10-8-14/h6-11,13H,3-5,12,21H2,1-2H3. The summed E-state index contributed by atoms with van der Waals surface area (Å²) in [5, 5.41) is 0. The van der Waals surface area contributed by atoms with Crippen LogP contribution in [0.4, 0.5) is 5.69 Å². The number of carbonyl (C=O) groups is 1. The van der Waals surface area contributed by atoms with Gasteiger partial charge in [0.15, 0.2) is 0 Å². The first kappa shape index (κ1) is 15.6. The van der Waals surface area contributed by atoms with E-state index in [0.717, 1.165) is 31.4 Å². The van der Waals surface area contributed by atoms with Crippen molar-refractivity contribution in [2.75, 3.05) is 12.8 Å². The Balaban J connectivity index is 2.02. The highest BCUT2D eigenvalue weighted by atomic mass is 16.5. The van der Waals surface area contributed by atoms with Crippen LogP contribution in [-0.2, 0) is 9.53 Å². The highest BCUT2D eigenvalue weighted by Gasteiger charge is 2.36. The van der Waals surface area contributed by atoms with Gasteiger partial charge in [0.05, 0.1) is 12.7 Å². The van der Waals surface area contributed by atoms with Gasteiger partial charge < -0.3 is 10.5 Å². The number of benzene rings is 1. The molecule has 2 aliphatic rings. The van der Waals surface area contributed by atoms with Gasteiger partial charge in [-0.3, -0.25) is 0 Å². The lowest BCUT2D eigenvalue weighted by atomic mass is 9.67. The van der Waals surface area contributed by atoms with Crippen molar-refractivity contribution < 1.29 is 9.53 Å². The topological polar surface area (TPSA) is 52.3 Å². The molecule has 3 nitrogen and oxygen atoms in total. The lowest BCUT2D eigenvalue weighted by molar-refractivity contribution is -0.135. The first-order chi connectivity index (χ1) is 11.0. The molecule has 2 aliphatic carbocycles. The van der Waals surface area contributed by atoms with E-state index in [1.165, 1.54) is 23.8 Å². The Kier molecular flexibility index (Phi) is 4.12. The van der Waals surface area contributed by atoms with Crippen LogP contribution in [0, 0.1) is 5.41 Å². The first-order valence-corrected chi connectivity index (χ1v) is 8.10. The molecule has 0 spiro atoms. The molecule has 0 bridgehead atoms. The van der Waals surface area contributed by atoms with Crippen molar-refractivity contribution in [3.05, 3.63) is 59.2 Å². The summed E-state index contributed by atoms with van der Waals surface area (Å²) in [4.78, 5) is 11.9. The molecule has 0 aliphatic heterocycles. The Morgan fingerprint density at radius 3 is 2.65 bits per heavy atom. The summed E-state index contributed by atoms with van der Waals surface area (Å²) in [5.41, 5.74) is 11.1. The van der Waals surface area contributed by atoms with Gasteiger partial charge in [-0.25, -0.2) is 4.79 Å². The van der Waals surface area contributed by atoms with Crippen molar-refractivity contribution in [3.63, 3.8) is 0 Å². The van der Waals surface area contributed by atoms with E-state index < -0.39 is 0 Å². The molecule has 23 heavy (non-hydrogen) atoms. The maximum Gasteiger partial charge on any atom is 0.337 e. The summed E-state index contributed by atoms with van der Waals surface area (Å²) < 4.78 is 4.88. The van der Waals surface area contributed by atoms with Gasteiger partial charge in [-0.2, -0.15) is 0 Å². The van der Waals surface area contributed by atoms with Gasteiger partial charge in [-0.15, -0.1) is 0 Å². The number of nitrogens with two attached hydrogens (primary N) is 1. The number of allylic oxidation sites excluding steroid dienone is 4. The molecule has 3 heteroatoms. The maximum atomic E-state index is 11.9. The van der Waals surface area contributed by atoms with Crippen molar-refractivity contribution in [2.24, 2.45) is 5.41 Å². The van der Waals surface area contributed by atoms with Crippen molar-refractivity contribution >= 4 is 17.2 Å². The second-order valence-electron chi connectivity index (χ2n) is 6.49. The van der Waals surface area contributed by atoms with Gasteiger partial charge in [0, 0.05) is 11.1 Å². The number of fused-ring (bicyclic) bond motifs is 1. The zero-order chi connectivity index (χ0) is 16.4. The number of hydrogen-bond donors (Lipinski definition) is 1. The maximum absolute atomic E-state index is 11.9. The fraction of sp³-hybridized carbons (Fsp3) is 0.350. The molecule has 1 unspecified atom stereocenters. The van der Waals surface area contributed by atoms with Crippen LogP contribution in [0.1, 0.15) is 38.2 Å². The lowest BCUT2D eigenvalue weighted by Gasteiger charge is -2.36. The molecule has 0 fully saturated rings. The highest BCUT2D eigenvalue weighted by molar-refractivity contribution is 5.92. The minimum absolute atomic E-state index is 0.0653. The second kappa shape index (κ2) is 6.07. The molecule has 0 radical (unpaired) electrons. The van der Waals surface area contributed by atoms with Crippen molar-refractivity contribution in [1.82, 2.24) is 0 Å². The minimum Gasteiger partial charge on any atom is -0.465 e. The number of hydrogen-bond acceptors (Lipinski definition) is 3. The van der Waals surface area contributed by atoms with E-state index in [2.05, 4.69) is 25.1 Å². The molecule has 0 heterocycles. The van der Waals surface area contributed by atoms with Crippen molar-refractivity contribution in [3.8, 4) is 0 Å². The summed E-state index contributed by atoms with van der Waals surface area (Å²) in [6.45, 7) is 2.27. The van der Waals surface area contributed by atoms with Crippen LogP contribution in [0.15, 0.2) is 53.6 Å². The molecule has 0 saturated carbocycles. The zero-order valence-electron chi connectivity index (χ0n) is 13.8. The number of rotatable bonds is 2. The molecule has 3 rings (SSSR count). The predicted molar refractivity (Wildman–Crippen MR) is 93.6 cm³/mol. The van der Waals surface area contributed by atoms with E-state index >= 15 is 0 Å². The molecule has 2 N–H and O–H groups in total. The van der Waals surface area contributed by atoms with Gasteiger partial charge in [-0.1, -0.05) is 36.8 Å². The van der Waals surface area contributed by atoms with E-state index in [0.29, 0.717) is 5.57 Å². The van der Waals surface area contributed by atoms with Crippen LogP contribution < -0.4 is 5.73 Å². The molecule has 1 aromatic carbocycles. The molecule has 1 aromatic rings. The number of nitrogen functional groups attached to an aromatic ring is 1. The molecule has 120 valence electrons. The van der Waals surface area contributed by atoms with Crippen LogP contribution >= 0.6 is 0 Å².